The molecule has 0 unspecified atom stereocenters. The van der Waals surface area contributed by atoms with Crippen LogP contribution >= 0.6 is 0 Å². The SMILES string of the molecule is COC(=O)[C@@H](N)Cc1cn[nH]c1C(F)(F)F. The fourth-order valence-corrected chi connectivity index (χ4v) is 1.18. The maximum atomic E-state index is 12.4. The van der Waals surface area contributed by atoms with Crippen molar-refractivity contribution in [1.82, 2.24) is 10.2 Å². The van der Waals surface area contributed by atoms with Gasteiger partial charge in [-0.15, -0.1) is 0 Å². The molecule has 0 saturated carbocycles. The number of nitrogens with two attached hydrogens (primary N) is 1. The van der Waals surface area contributed by atoms with E-state index in [9.17, 15) is 18.0 Å². The molecule has 8 heteroatoms. The molecule has 16 heavy (non-hydrogen) atoms. The number of aromatic amines is 1. The van der Waals surface area contributed by atoms with Crippen molar-refractivity contribution in [2.45, 2.75) is 18.6 Å². The summed E-state index contributed by atoms with van der Waals surface area (Å²) in [4.78, 5) is 10.9. The van der Waals surface area contributed by atoms with Gasteiger partial charge in [-0.1, -0.05) is 0 Å². The van der Waals surface area contributed by atoms with Gasteiger partial charge in [-0.25, -0.2) is 0 Å². The van der Waals surface area contributed by atoms with Crippen molar-refractivity contribution < 1.29 is 22.7 Å². The summed E-state index contributed by atoms with van der Waals surface area (Å²) in [6, 6.07) is -1.14. The number of hydrogen-bond donors (Lipinski definition) is 2. The molecule has 0 fully saturated rings. The number of carbonyl (C=O) groups excluding carboxylic acids is 1. The van der Waals surface area contributed by atoms with Crippen LogP contribution in [0.15, 0.2) is 6.20 Å². The van der Waals surface area contributed by atoms with Crippen LogP contribution < -0.4 is 5.73 Å². The van der Waals surface area contributed by atoms with Gasteiger partial charge >= 0.3 is 12.1 Å². The number of ether oxygens (including phenoxy) is 1. The van der Waals surface area contributed by atoms with E-state index in [4.69, 9.17) is 5.73 Å². The van der Waals surface area contributed by atoms with Gasteiger partial charge in [0.2, 0.25) is 0 Å². The second-order valence-corrected chi connectivity index (χ2v) is 3.10. The lowest BCUT2D eigenvalue weighted by Gasteiger charge is -2.10. The molecule has 3 N–H and O–H groups in total. The highest BCUT2D eigenvalue weighted by Gasteiger charge is 2.36. The number of alkyl halides is 3. The van der Waals surface area contributed by atoms with Gasteiger partial charge in [0.15, 0.2) is 0 Å². The molecule has 5 nitrogen and oxygen atoms in total. The van der Waals surface area contributed by atoms with Crippen LogP contribution in [0.25, 0.3) is 0 Å². The van der Waals surface area contributed by atoms with Crippen molar-refractivity contribution in [2.24, 2.45) is 5.73 Å². The van der Waals surface area contributed by atoms with Crippen LogP contribution in [0.2, 0.25) is 0 Å². The average Bonchev–Trinajstić information content (AvgIpc) is 2.63. The fraction of sp³-hybridized carbons (Fsp3) is 0.500. The lowest BCUT2D eigenvalue weighted by Crippen LogP contribution is -2.34. The minimum Gasteiger partial charge on any atom is -0.468 e. The van der Waals surface area contributed by atoms with E-state index in [1.807, 2.05) is 5.10 Å². The molecule has 0 aliphatic carbocycles. The number of nitrogens with zero attached hydrogens (tertiary/aromatic N) is 1. The molecule has 1 aromatic rings. The Morgan fingerprint density at radius 3 is 2.81 bits per heavy atom. The Bertz CT molecular complexity index is 375. The Morgan fingerprint density at radius 1 is 1.69 bits per heavy atom. The molecule has 0 saturated heterocycles. The van der Waals surface area contributed by atoms with Crippen LogP contribution in [0.5, 0.6) is 0 Å². The number of methoxy groups -OCH3 is 1. The predicted molar refractivity (Wildman–Crippen MR) is 47.3 cm³/mol. The van der Waals surface area contributed by atoms with Crippen LogP contribution in [0.1, 0.15) is 11.3 Å². The first-order valence-electron chi connectivity index (χ1n) is 4.29. The largest absolute Gasteiger partial charge is 0.468 e. The molecule has 1 aromatic heterocycles. The number of carbonyl (C=O) groups is 1. The van der Waals surface area contributed by atoms with Crippen LogP contribution in [0.4, 0.5) is 13.2 Å². The highest BCUT2D eigenvalue weighted by Crippen LogP contribution is 2.30. The Hall–Kier alpha value is -1.57. The van der Waals surface area contributed by atoms with Gasteiger partial charge in [0.1, 0.15) is 11.7 Å². The zero-order valence-corrected chi connectivity index (χ0v) is 8.34. The summed E-state index contributed by atoms with van der Waals surface area (Å²) in [6.45, 7) is 0. The molecule has 0 aromatic carbocycles. The third kappa shape index (κ3) is 2.72. The monoisotopic (exact) mass is 237 g/mol. The van der Waals surface area contributed by atoms with Crippen LogP contribution in [-0.4, -0.2) is 29.3 Å². The Kier molecular flexibility index (Phi) is 3.53. The molecular weight excluding hydrogens is 227 g/mol. The van der Waals surface area contributed by atoms with Gasteiger partial charge in [0, 0.05) is 12.0 Å². The summed E-state index contributed by atoms with van der Waals surface area (Å²) in [5.74, 6) is -0.769. The van der Waals surface area contributed by atoms with Crippen LogP contribution in [-0.2, 0) is 22.1 Å². The fourth-order valence-electron chi connectivity index (χ4n) is 1.18. The molecule has 1 heterocycles. The van der Waals surface area contributed by atoms with E-state index in [0.29, 0.717) is 0 Å². The van der Waals surface area contributed by atoms with E-state index in [0.717, 1.165) is 13.3 Å². The van der Waals surface area contributed by atoms with E-state index < -0.39 is 23.9 Å². The number of esters is 1. The minimum absolute atomic E-state index is 0.162. The highest BCUT2D eigenvalue weighted by atomic mass is 19.4. The summed E-state index contributed by atoms with van der Waals surface area (Å²) in [7, 11) is 1.11. The van der Waals surface area contributed by atoms with E-state index in [1.165, 1.54) is 0 Å². The molecule has 0 aliphatic heterocycles. The molecule has 0 spiro atoms. The van der Waals surface area contributed by atoms with E-state index >= 15 is 0 Å². The van der Waals surface area contributed by atoms with E-state index in [2.05, 4.69) is 9.84 Å². The van der Waals surface area contributed by atoms with Gasteiger partial charge in [0.05, 0.1) is 13.3 Å². The molecule has 1 rings (SSSR count). The van der Waals surface area contributed by atoms with Gasteiger partial charge in [-0.2, -0.15) is 18.3 Å². The average molecular weight is 237 g/mol. The first kappa shape index (κ1) is 12.5. The molecule has 0 bridgehead atoms. The zero-order valence-electron chi connectivity index (χ0n) is 8.34. The summed E-state index contributed by atoms with van der Waals surface area (Å²) in [5, 5.41) is 5.10. The van der Waals surface area contributed by atoms with Crippen molar-refractivity contribution in [3.05, 3.63) is 17.5 Å². The van der Waals surface area contributed by atoms with Crippen LogP contribution in [0, 0.1) is 0 Å². The predicted octanol–water partition coefficient (Wildman–Crippen LogP) is 0.471. The van der Waals surface area contributed by atoms with Crippen molar-refractivity contribution in [2.75, 3.05) is 7.11 Å². The number of halogens is 3. The lowest BCUT2D eigenvalue weighted by atomic mass is 10.1. The number of hydrogen-bond acceptors (Lipinski definition) is 4. The molecule has 0 aliphatic rings. The van der Waals surface area contributed by atoms with Crippen molar-refractivity contribution in [3.8, 4) is 0 Å². The first-order valence-corrected chi connectivity index (χ1v) is 4.29. The van der Waals surface area contributed by atoms with Crippen molar-refractivity contribution in [3.63, 3.8) is 0 Å². The molecular formula is C8H10F3N3O2. The standard InChI is InChI=1S/C8H10F3N3O2/c1-16-7(15)5(12)2-4-3-13-14-6(4)8(9,10)11/h3,5H,2,12H2,1H3,(H,13,14)/t5-/m0/s1. The third-order valence-electron chi connectivity index (χ3n) is 1.95. The van der Waals surface area contributed by atoms with Crippen LogP contribution in [0.3, 0.4) is 0 Å². The summed E-state index contributed by atoms with van der Waals surface area (Å²) >= 11 is 0. The zero-order chi connectivity index (χ0) is 12.3. The van der Waals surface area contributed by atoms with Crippen molar-refractivity contribution >= 4 is 5.97 Å². The number of rotatable bonds is 3. The normalized spacial score (nSPS) is 13.6. The summed E-state index contributed by atoms with van der Waals surface area (Å²) in [6.07, 6.45) is -3.83. The third-order valence-corrected chi connectivity index (χ3v) is 1.95. The number of nitrogens with one attached hydrogen (secondary N) is 1. The Morgan fingerprint density at radius 2 is 2.31 bits per heavy atom. The summed E-state index contributed by atoms with van der Waals surface area (Å²) in [5.41, 5.74) is 4.19. The smallest absolute Gasteiger partial charge is 0.433 e. The molecule has 0 amide bonds. The minimum atomic E-state index is -4.54. The highest BCUT2D eigenvalue weighted by molar-refractivity contribution is 5.75. The summed E-state index contributed by atoms with van der Waals surface area (Å²) < 4.78 is 41.5. The maximum Gasteiger partial charge on any atom is 0.433 e. The second-order valence-electron chi connectivity index (χ2n) is 3.10. The van der Waals surface area contributed by atoms with Gasteiger partial charge in [-0.3, -0.25) is 9.89 Å². The Balaban J connectivity index is 2.83. The lowest BCUT2D eigenvalue weighted by molar-refractivity contribution is -0.144. The number of aromatic nitrogens is 2. The van der Waals surface area contributed by atoms with Gasteiger partial charge in [-0.05, 0) is 0 Å². The van der Waals surface area contributed by atoms with E-state index in [-0.39, 0.29) is 12.0 Å². The Labute approximate surface area is 88.8 Å². The molecule has 90 valence electrons. The molecule has 0 radical (unpaired) electrons. The maximum absolute atomic E-state index is 12.4. The van der Waals surface area contributed by atoms with Crippen molar-refractivity contribution in [1.29, 1.82) is 0 Å². The number of H-pyrrole nitrogens is 1. The topological polar surface area (TPSA) is 81.0 Å². The molecule has 1 atom stereocenters. The first-order chi connectivity index (χ1) is 7.36. The quantitative estimate of drug-likeness (QED) is 0.749. The van der Waals surface area contributed by atoms with E-state index in [1.54, 1.807) is 0 Å². The van der Waals surface area contributed by atoms with Gasteiger partial charge < -0.3 is 10.5 Å². The van der Waals surface area contributed by atoms with Gasteiger partial charge in [0.25, 0.3) is 0 Å². The second kappa shape index (κ2) is 4.52.